The van der Waals surface area contributed by atoms with Gasteiger partial charge in [0.2, 0.25) is 30.1 Å². The number of aryl methyl sites for hydroxylation is 2. The number of nitrogens with zero attached hydrogens (tertiary/aromatic N) is 8. The van der Waals surface area contributed by atoms with Crippen molar-refractivity contribution in [2.75, 3.05) is 36.5 Å². The summed E-state index contributed by atoms with van der Waals surface area (Å²) in [5.41, 5.74) is 3.90. The molecular formula is C41H42F2N10O7. The second-order valence-corrected chi connectivity index (χ2v) is 15.3. The lowest BCUT2D eigenvalue weighted by Crippen LogP contribution is -2.53. The zero-order valence-corrected chi connectivity index (χ0v) is 33.0. The van der Waals surface area contributed by atoms with Gasteiger partial charge < -0.3 is 14.5 Å². The summed E-state index contributed by atoms with van der Waals surface area (Å²) >= 11 is 0. The van der Waals surface area contributed by atoms with Crippen molar-refractivity contribution < 1.29 is 42.3 Å². The van der Waals surface area contributed by atoms with Crippen LogP contribution in [-0.4, -0.2) is 103 Å². The molecule has 17 nitrogen and oxygen atoms in total. The fourth-order valence-electron chi connectivity index (χ4n) is 8.44. The second kappa shape index (κ2) is 16.6. The van der Waals surface area contributed by atoms with E-state index in [1.165, 1.54) is 30.5 Å². The van der Waals surface area contributed by atoms with Crippen LogP contribution in [0.2, 0.25) is 0 Å². The van der Waals surface area contributed by atoms with Gasteiger partial charge in [0.05, 0.1) is 18.8 Å². The van der Waals surface area contributed by atoms with Gasteiger partial charge in [-0.1, -0.05) is 0 Å². The van der Waals surface area contributed by atoms with Crippen molar-refractivity contribution in [1.82, 2.24) is 40.1 Å². The molecule has 2 saturated heterocycles. The van der Waals surface area contributed by atoms with Crippen LogP contribution in [0.1, 0.15) is 100 Å². The van der Waals surface area contributed by atoms with Gasteiger partial charge in [0.1, 0.15) is 11.7 Å². The molecule has 312 valence electrons. The van der Waals surface area contributed by atoms with Crippen molar-refractivity contribution >= 4 is 53.4 Å². The van der Waals surface area contributed by atoms with Gasteiger partial charge >= 0.3 is 0 Å². The van der Waals surface area contributed by atoms with Crippen LogP contribution in [0, 0.1) is 6.92 Å². The molecule has 1 atom stereocenters. The summed E-state index contributed by atoms with van der Waals surface area (Å²) in [6.45, 7) is 5.88. The van der Waals surface area contributed by atoms with Crippen LogP contribution in [0.4, 0.5) is 26.2 Å². The number of hydrogen-bond donors (Lipinski definition) is 2. The molecule has 19 heteroatoms. The highest BCUT2D eigenvalue weighted by atomic mass is 19.3. The number of amides is 6. The fourth-order valence-corrected chi connectivity index (χ4v) is 8.44. The van der Waals surface area contributed by atoms with E-state index in [1.807, 2.05) is 4.90 Å². The maximum Gasteiger partial charge on any atom is 0.264 e. The lowest BCUT2D eigenvalue weighted by molar-refractivity contribution is -0.139. The van der Waals surface area contributed by atoms with Crippen molar-refractivity contribution in [2.24, 2.45) is 0 Å². The van der Waals surface area contributed by atoms with E-state index in [2.05, 4.69) is 30.5 Å². The van der Waals surface area contributed by atoms with E-state index in [4.69, 9.17) is 9.84 Å². The Morgan fingerprint density at radius 3 is 2.52 bits per heavy atom. The van der Waals surface area contributed by atoms with E-state index in [-0.39, 0.29) is 65.1 Å². The Balaban J connectivity index is 1.02. The topological polar surface area (TPSA) is 202 Å². The van der Waals surface area contributed by atoms with Crippen molar-refractivity contribution in [3.8, 4) is 11.3 Å². The smallest absolute Gasteiger partial charge is 0.264 e. The molecule has 2 aromatic heterocycles. The first-order chi connectivity index (χ1) is 28.9. The number of fused-ring (bicyclic) bond motifs is 2. The van der Waals surface area contributed by atoms with Crippen molar-refractivity contribution in [2.45, 2.75) is 83.8 Å². The molecule has 4 aliphatic heterocycles. The number of halogens is 2. The van der Waals surface area contributed by atoms with Crippen LogP contribution >= 0.6 is 0 Å². The minimum absolute atomic E-state index is 0.00910. The molecule has 1 unspecified atom stereocenters. The van der Waals surface area contributed by atoms with Crippen LogP contribution in [0.3, 0.4) is 0 Å². The van der Waals surface area contributed by atoms with E-state index in [1.54, 1.807) is 24.8 Å². The third-order valence-corrected chi connectivity index (χ3v) is 11.6. The SMILES string of the molecule is CC(=O)N1CCc2c(c(N3CCCc4cc(-c5cnc(NC(=O)c6ccc(C(=O)N(C=O)C7CCC(=O)NC7=O)c(C)c6)nn5)c(C(F)F)cc43)nn2C2CCOCC2)C1. The summed E-state index contributed by atoms with van der Waals surface area (Å²) in [6.07, 6.45) is 2.20. The van der Waals surface area contributed by atoms with Crippen LogP contribution < -0.4 is 15.5 Å². The van der Waals surface area contributed by atoms with E-state index in [0.29, 0.717) is 62.8 Å². The second-order valence-electron chi connectivity index (χ2n) is 15.3. The molecule has 4 aromatic rings. The number of ether oxygens (including phenoxy) is 1. The molecule has 8 rings (SSSR count). The first kappa shape index (κ1) is 40.3. The Morgan fingerprint density at radius 2 is 1.83 bits per heavy atom. The summed E-state index contributed by atoms with van der Waals surface area (Å²) in [6, 6.07) is 6.26. The molecule has 60 heavy (non-hydrogen) atoms. The van der Waals surface area contributed by atoms with Crippen LogP contribution in [-0.2, 0) is 43.3 Å². The highest BCUT2D eigenvalue weighted by Crippen LogP contribution is 2.43. The molecule has 4 aliphatic rings. The summed E-state index contributed by atoms with van der Waals surface area (Å²) in [4.78, 5) is 83.3. The molecule has 0 saturated carbocycles. The minimum Gasteiger partial charge on any atom is -0.381 e. The van der Waals surface area contributed by atoms with Crippen molar-refractivity contribution in [1.29, 1.82) is 0 Å². The predicted molar refractivity (Wildman–Crippen MR) is 209 cm³/mol. The molecular weight excluding hydrogens is 783 g/mol. The monoisotopic (exact) mass is 824 g/mol. The molecule has 6 heterocycles. The summed E-state index contributed by atoms with van der Waals surface area (Å²) < 4.78 is 37.5. The number of rotatable bonds is 9. The van der Waals surface area contributed by atoms with Gasteiger partial charge in [0.15, 0.2) is 5.82 Å². The zero-order valence-electron chi connectivity index (χ0n) is 33.0. The number of alkyl halides is 2. The lowest BCUT2D eigenvalue weighted by atomic mass is 9.93. The number of piperidine rings is 1. The summed E-state index contributed by atoms with van der Waals surface area (Å²) in [5, 5.41) is 18.0. The standard InChI is InChI=1S/C41H42F2N10O7/c1-22-16-25(5-6-27(22)40(59)52(21-54)33-7-8-35(56)45-39(33)58)38(57)46-41-44-19-31(47-48-41)28-17-24-4-3-12-51(34(24)18-29(28)36(42)43)37-30-20-50(23(2)55)13-9-32(30)53(49-37)26-10-14-60-15-11-26/h5-6,16-19,21,26,33,36H,3-4,7-15,20H2,1-2H3,(H,45,56,58)(H,44,46,48,57). The van der Waals surface area contributed by atoms with Crippen LogP contribution in [0.15, 0.2) is 36.5 Å². The average molecular weight is 825 g/mol. The zero-order chi connectivity index (χ0) is 42.2. The Bertz CT molecular complexity index is 2400. The maximum absolute atomic E-state index is 14.9. The Labute approximate surface area is 342 Å². The van der Waals surface area contributed by atoms with Gasteiger partial charge in [-0.25, -0.2) is 13.8 Å². The Morgan fingerprint density at radius 1 is 1.03 bits per heavy atom. The van der Waals surface area contributed by atoms with Gasteiger partial charge in [0, 0.05) is 85.3 Å². The Hall–Kier alpha value is -6.50. The Kier molecular flexibility index (Phi) is 11.2. The normalized spacial score (nSPS) is 18.1. The first-order valence-corrected chi connectivity index (χ1v) is 19.8. The third kappa shape index (κ3) is 7.71. The van der Waals surface area contributed by atoms with Crippen LogP contribution in [0.5, 0.6) is 0 Å². The number of hydrogen-bond acceptors (Lipinski definition) is 12. The number of carbonyl (C=O) groups is 6. The van der Waals surface area contributed by atoms with Gasteiger partial charge in [-0.2, -0.15) is 5.10 Å². The summed E-state index contributed by atoms with van der Waals surface area (Å²) in [7, 11) is 0. The van der Waals surface area contributed by atoms with Crippen LogP contribution in [0.25, 0.3) is 11.3 Å². The minimum atomic E-state index is -2.88. The number of nitrogens with one attached hydrogen (secondary N) is 2. The molecule has 6 amide bonds. The van der Waals surface area contributed by atoms with Gasteiger partial charge in [-0.05, 0) is 80.5 Å². The first-order valence-electron chi connectivity index (χ1n) is 19.8. The van der Waals surface area contributed by atoms with Gasteiger partial charge in [0.25, 0.3) is 18.2 Å². The maximum atomic E-state index is 14.9. The van der Waals surface area contributed by atoms with E-state index >= 15 is 0 Å². The molecule has 0 bridgehead atoms. The number of benzene rings is 2. The quantitative estimate of drug-likeness (QED) is 0.182. The highest BCUT2D eigenvalue weighted by Gasteiger charge is 2.36. The molecule has 2 N–H and O–H groups in total. The summed E-state index contributed by atoms with van der Waals surface area (Å²) in [5.74, 6) is -2.23. The number of carbonyl (C=O) groups excluding carboxylic acids is 6. The fraction of sp³-hybridized carbons (Fsp3) is 0.415. The average Bonchev–Trinajstić information content (AvgIpc) is 3.63. The largest absolute Gasteiger partial charge is 0.381 e. The molecule has 0 spiro atoms. The molecule has 0 aliphatic carbocycles. The van der Waals surface area contributed by atoms with E-state index in [9.17, 15) is 37.5 Å². The highest BCUT2D eigenvalue weighted by molar-refractivity contribution is 6.09. The predicted octanol–water partition coefficient (Wildman–Crippen LogP) is 3.98. The van der Waals surface area contributed by atoms with E-state index < -0.39 is 36.1 Å². The van der Waals surface area contributed by atoms with Gasteiger partial charge in [-0.15, -0.1) is 10.2 Å². The lowest BCUT2D eigenvalue weighted by Gasteiger charge is -2.33. The third-order valence-electron chi connectivity index (χ3n) is 11.6. The molecule has 2 fully saturated rings. The molecule has 2 aromatic carbocycles. The number of aromatic nitrogens is 5. The van der Waals surface area contributed by atoms with Crippen molar-refractivity contribution in [3.05, 3.63) is 75.6 Å². The molecule has 0 radical (unpaired) electrons. The number of anilines is 3. The van der Waals surface area contributed by atoms with E-state index in [0.717, 1.165) is 41.0 Å². The number of imide groups is 2. The van der Waals surface area contributed by atoms with Gasteiger partial charge in [-0.3, -0.25) is 49.0 Å². The van der Waals surface area contributed by atoms with Crippen molar-refractivity contribution in [3.63, 3.8) is 0 Å².